The van der Waals surface area contributed by atoms with E-state index in [1.165, 1.54) is 31.2 Å². The van der Waals surface area contributed by atoms with Gasteiger partial charge in [-0.2, -0.15) is 0 Å². The Morgan fingerprint density at radius 2 is 2.04 bits per heavy atom. The van der Waals surface area contributed by atoms with Crippen molar-refractivity contribution in [1.29, 1.82) is 0 Å². The van der Waals surface area contributed by atoms with Crippen LogP contribution in [0.2, 0.25) is 0 Å². The van der Waals surface area contributed by atoms with E-state index in [9.17, 15) is 19.7 Å². The summed E-state index contributed by atoms with van der Waals surface area (Å²) < 4.78 is 10.6. The van der Waals surface area contributed by atoms with Crippen molar-refractivity contribution in [3.8, 4) is 0 Å². The lowest BCUT2D eigenvalue weighted by Gasteiger charge is -2.12. The highest BCUT2D eigenvalue weighted by molar-refractivity contribution is 9.10. The molecule has 0 saturated heterocycles. The molecule has 130 valence electrons. The number of hydrogen-bond acceptors (Lipinski definition) is 6. The summed E-state index contributed by atoms with van der Waals surface area (Å²) in [5.41, 5.74) is -0.228. The van der Waals surface area contributed by atoms with Gasteiger partial charge in [-0.05, 0) is 47.1 Å². The Kier molecular flexibility index (Phi) is 6.07. The molecule has 0 aliphatic rings. The van der Waals surface area contributed by atoms with Crippen LogP contribution in [0.15, 0.2) is 51.6 Å². The van der Waals surface area contributed by atoms with E-state index in [0.717, 1.165) is 6.08 Å². The molecule has 1 aromatic carbocycles. The number of nitro benzene ring substituents is 1. The average molecular weight is 409 g/mol. The number of hydrogen-bond donors (Lipinski definition) is 1. The minimum Gasteiger partial charge on any atom is -0.450 e. The molecule has 2 rings (SSSR count). The van der Waals surface area contributed by atoms with E-state index in [1.54, 1.807) is 18.2 Å². The van der Waals surface area contributed by atoms with Gasteiger partial charge in [-0.15, -0.1) is 0 Å². The molecule has 0 fully saturated rings. The highest BCUT2D eigenvalue weighted by Gasteiger charge is 2.20. The van der Waals surface area contributed by atoms with Crippen molar-refractivity contribution in [3.05, 3.63) is 63.0 Å². The predicted molar refractivity (Wildman–Crippen MR) is 92.7 cm³/mol. The first-order valence-corrected chi connectivity index (χ1v) is 7.84. The fourth-order valence-electron chi connectivity index (χ4n) is 1.81. The lowest BCUT2D eigenvalue weighted by Crippen LogP contribution is -2.29. The van der Waals surface area contributed by atoms with Crippen molar-refractivity contribution in [3.63, 3.8) is 0 Å². The molecule has 0 spiro atoms. The van der Waals surface area contributed by atoms with Gasteiger partial charge in [0.2, 0.25) is 0 Å². The van der Waals surface area contributed by atoms with E-state index in [0.29, 0.717) is 10.4 Å². The number of carbonyl (C=O) groups is 2. The number of amides is 1. The molecule has 0 aliphatic carbocycles. The monoisotopic (exact) mass is 408 g/mol. The molecule has 1 atom stereocenters. The number of nitrogens with one attached hydrogen (secondary N) is 1. The Morgan fingerprint density at radius 3 is 2.68 bits per heavy atom. The van der Waals surface area contributed by atoms with Gasteiger partial charge in [-0.25, -0.2) is 4.79 Å². The zero-order valence-corrected chi connectivity index (χ0v) is 14.6. The molecule has 1 heterocycles. The molecule has 1 aromatic heterocycles. The van der Waals surface area contributed by atoms with Crippen LogP contribution in [-0.4, -0.2) is 22.9 Å². The van der Waals surface area contributed by atoms with Crippen molar-refractivity contribution >= 4 is 45.3 Å². The van der Waals surface area contributed by atoms with E-state index in [-0.39, 0.29) is 11.4 Å². The maximum absolute atomic E-state index is 12.0. The van der Waals surface area contributed by atoms with Crippen LogP contribution in [-0.2, 0) is 14.3 Å². The summed E-state index contributed by atoms with van der Waals surface area (Å²) in [6.45, 7) is 1.36. The van der Waals surface area contributed by atoms with E-state index in [1.807, 2.05) is 0 Å². The van der Waals surface area contributed by atoms with Crippen molar-refractivity contribution in [2.24, 2.45) is 0 Å². The Labute approximate surface area is 150 Å². The van der Waals surface area contributed by atoms with Crippen LogP contribution < -0.4 is 5.32 Å². The molecule has 0 aliphatic heterocycles. The van der Waals surface area contributed by atoms with Crippen LogP contribution in [0, 0.1) is 10.1 Å². The number of benzene rings is 1. The lowest BCUT2D eigenvalue weighted by atomic mass is 10.2. The smallest absolute Gasteiger partial charge is 0.331 e. The third-order valence-electron chi connectivity index (χ3n) is 3.00. The molecule has 0 saturated carbocycles. The Bertz CT molecular complexity index is 830. The third kappa shape index (κ3) is 5.28. The summed E-state index contributed by atoms with van der Waals surface area (Å²) in [6.07, 6.45) is 1.36. The number of nitrogens with zero attached hydrogens (tertiary/aromatic N) is 1. The number of furan rings is 1. The van der Waals surface area contributed by atoms with E-state index in [2.05, 4.69) is 21.2 Å². The molecule has 0 radical (unpaired) electrons. The van der Waals surface area contributed by atoms with Crippen molar-refractivity contribution in [2.45, 2.75) is 13.0 Å². The van der Waals surface area contributed by atoms with Gasteiger partial charge in [0.1, 0.15) is 11.4 Å². The number of ether oxygens (including phenoxy) is 1. The Hall–Kier alpha value is -2.94. The zero-order chi connectivity index (χ0) is 18.4. The second-order valence-electron chi connectivity index (χ2n) is 4.82. The fourth-order valence-corrected chi connectivity index (χ4v) is 2.13. The Morgan fingerprint density at radius 1 is 1.32 bits per heavy atom. The summed E-state index contributed by atoms with van der Waals surface area (Å²) in [5.74, 6) is -1.00. The average Bonchev–Trinajstić information content (AvgIpc) is 2.98. The molecule has 2 aromatic rings. The number of carbonyl (C=O) groups excluding carboxylic acids is 2. The molecule has 25 heavy (non-hydrogen) atoms. The SMILES string of the molecule is CC(OC(=O)C=Cc1ccc(Br)o1)C(=O)Nc1ccccc1[N+](=O)[O-]. The third-order valence-corrected chi connectivity index (χ3v) is 3.42. The molecular formula is C16H13BrN2O6. The van der Waals surface area contributed by atoms with Crippen LogP contribution in [0.1, 0.15) is 12.7 Å². The second kappa shape index (κ2) is 8.25. The largest absolute Gasteiger partial charge is 0.450 e. The number of para-hydroxylation sites is 2. The van der Waals surface area contributed by atoms with Gasteiger partial charge >= 0.3 is 5.97 Å². The van der Waals surface area contributed by atoms with Crippen molar-refractivity contribution in [1.82, 2.24) is 0 Å². The van der Waals surface area contributed by atoms with Crippen LogP contribution in [0.25, 0.3) is 6.08 Å². The maximum Gasteiger partial charge on any atom is 0.331 e. The zero-order valence-electron chi connectivity index (χ0n) is 13.0. The number of rotatable bonds is 6. The first kappa shape index (κ1) is 18.4. The Balaban J connectivity index is 1.95. The van der Waals surface area contributed by atoms with Crippen molar-refractivity contribution in [2.75, 3.05) is 5.32 Å². The number of nitro groups is 1. The van der Waals surface area contributed by atoms with Gasteiger partial charge in [0.05, 0.1) is 4.92 Å². The van der Waals surface area contributed by atoms with E-state index >= 15 is 0 Å². The highest BCUT2D eigenvalue weighted by atomic mass is 79.9. The van der Waals surface area contributed by atoms with Gasteiger partial charge in [0, 0.05) is 12.1 Å². The summed E-state index contributed by atoms with van der Waals surface area (Å²) in [5, 5.41) is 13.3. The van der Waals surface area contributed by atoms with Crippen LogP contribution >= 0.6 is 15.9 Å². The number of esters is 1. The highest BCUT2D eigenvalue weighted by Crippen LogP contribution is 2.23. The van der Waals surface area contributed by atoms with Gasteiger partial charge in [0.15, 0.2) is 10.8 Å². The van der Waals surface area contributed by atoms with Crippen molar-refractivity contribution < 1.29 is 23.7 Å². The molecule has 0 bridgehead atoms. The number of anilines is 1. The quantitative estimate of drug-likeness (QED) is 0.338. The summed E-state index contributed by atoms with van der Waals surface area (Å²) in [7, 11) is 0. The molecule has 1 unspecified atom stereocenters. The standard InChI is InChI=1S/C16H13BrN2O6/c1-10(24-15(20)9-7-11-6-8-14(17)25-11)16(21)18-12-4-2-3-5-13(12)19(22)23/h2-10H,1H3,(H,18,21). The minimum atomic E-state index is -1.14. The predicted octanol–water partition coefficient (Wildman–Crippen LogP) is 3.53. The van der Waals surface area contributed by atoms with Gasteiger partial charge in [0.25, 0.3) is 11.6 Å². The second-order valence-corrected chi connectivity index (χ2v) is 5.60. The van der Waals surface area contributed by atoms with Crippen LogP contribution in [0.3, 0.4) is 0 Å². The van der Waals surface area contributed by atoms with Gasteiger partial charge in [-0.1, -0.05) is 12.1 Å². The topological polar surface area (TPSA) is 112 Å². The van der Waals surface area contributed by atoms with Crippen LogP contribution in [0.4, 0.5) is 11.4 Å². The summed E-state index contributed by atoms with van der Waals surface area (Å²) in [4.78, 5) is 34.1. The molecule has 8 nitrogen and oxygen atoms in total. The first-order valence-electron chi connectivity index (χ1n) is 7.05. The van der Waals surface area contributed by atoms with E-state index < -0.39 is 22.9 Å². The van der Waals surface area contributed by atoms with Gasteiger partial charge < -0.3 is 14.5 Å². The molecule has 1 amide bonds. The normalized spacial score (nSPS) is 11.9. The lowest BCUT2D eigenvalue weighted by molar-refractivity contribution is -0.383. The molecule has 9 heteroatoms. The van der Waals surface area contributed by atoms with E-state index in [4.69, 9.17) is 9.15 Å². The fraction of sp³-hybridized carbons (Fsp3) is 0.125. The number of halogens is 1. The molecular weight excluding hydrogens is 396 g/mol. The maximum atomic E-state index is 12.0. The van der Waals surface area contributed by atoms with Gasteiger partial charge in [-0.3, -0.25) is 14.9 Å². The minimum absolute atomic E-state index is 0.0244. The first-order chi connectivity index (χ1) is 11.9. The summed E-state index contributed by atoms with van der Waals surface area (Å²) >= 11 is 3.13. The molecule has 1 N–H and O–H groups in total. The summed E-state index contributed by atoms with van der Waals surface area (Å²) in [6, 6.07) is 8.97. The van der Waals surface area contributed by atoms with Crippen LogP contribution in [0.5, 0.6) is 0 Å².